The number of imide groups is 1. The number of nitrogens with two attached hydrogens (primary N) is 1. The average Bonchev–Trinajstić information content (AvgIpc) is 2.87. The Labute approximate surface area is 159 Å². The maximum atomic E-state index is 12.5. The van der Waals surface area contributed by atoms with Crippen molar-refractivity contribution in [1.29, 1.82) is 0 Å². The Morgan fingerprint density at radius 1 is 1.11 bits per heavy atom. The van der Waals surface area contributed by atoms with Gasteiger partial charge < -0.3 is 16.0 Å². The highest BCUT2D eigenvalue weighted by molar-refractivity contribution is 6.21. The van der Waals surface area contributed by atoms with Crippen LogP contribution in [0.4, 0.5) is 10.5 Å². The monoisotopic (exact) mass is 373 g/mol. The van der Waals surface area contributed by atoms with Gasteiger partial charge in [0.1, 0.15) is 0 Å². The van der Waals surface area contributed by atoms with Crippen LogP contribution in [0.15, 0.2) is 18.2 Å². The van der Waals surface area contributed by atoms with Crippen LogP contribution >= 0.6 is 0 Å². The fourth-order valence-corrected chi connectivity index (χ4v) is 3.46. The summed E-state index contributed by atoms with van der Waals surface area (Å²) in [6.45, 7) is 8.63. The lowest BCUT2D eigenvalue weighted by atomic mass is 10.1. The molecule has 0 bridgehead atoms. The fraction of sp³-hybridized carbons (Fsp3) is 0.526. The predicted octanol–water partition coefficient (Wildman–Crippen LogP) is 1.05. The second-order valence-corrected chi connectivity index (χ2v) is 7.42. The van der Waals surface area contributed by atoms with E-state index >= 15 is 0 Å². The smallest absolute Gasteiger partial charge is 0.321 e. The summed E-state index contributed by atoms with van der Waals surface area (Å²) in [6.07, 6.45) is 0. The normalized spacial score (nSPS) is 17.6. The van der Waals surface area contributed by atoms with Crippen LogP contribution in [0.5, 0.6) is 0 Å². The first kappa shape index (κ1) is 19.3. The molecule has 0 spiro atoms. The molecule has 0 saturated carbocycles. The number of rotatable bonds is 5. The maximum absolute atomic E-state index is 12.5. The summed E-state index contributed by atoms with van der Waals surface area (Å²) in [5.74, 6) is -0.364. The van der Waals surface area contributed by atoms with Gasteiger partial charge in [-0.25, -0.2) is 4.79 Å². The van der Waals surface area contributed by atoms with E-state index in [1.54, 1.807) is 23.1 Å². The van der Waals surface area contributed by atoms with Gasteiger partial charge in [0, 0.05) is 51.5 Å². The van der Waals surface area contributed by atoms with Gasteiger partial charge in [0.05, 0.1) is 11.1 Å². The summed E-state index contributed by atoms with van der Waals surface area (Å²) < 4.78 is 0. The van der Waals surface area contributed by atoms with Gasteiger partial charge in [0.2, 0.25) is 0 Å². The predicted molar refractivity (Wildman–Crippen MR) is 103 cm³/mol. The van der Waals surface area contributed by atoms with Crippen LogP contribution in [0, 0.1) is 5.92 Å². The van der Waals surface area contributed by atoms with Crippen LogP contribution in [0.3, 0.4) is 0 Å². The van der Waals surface area contributed by atoms with E-state index in [0.717, 1.165) is 19.6 Å². The molecule has 1 aromatic rings. The van der Waals surface area contributed by atoms with E-state index in [0.29, 0.717) is 43.0 Å². The van der Waals surface area contributed by atoms with Crippen molar-refractivity contribution in [2.75, 3.05) is 51.1 Å². The highest BCUT2D eigenvalue weighted by Gasteiger charge is 2.36. The first-order valence-corrected chi connectivity index (χ1v) is 9.39. The first-order chi connectivity index (χ1) is 12.9. The SMILES string of the molecule is CC(C)CN1C(=O)c2ccc(NC(=O)N3CCN(CCN)CC3)cc2C1=O. The molecule has 0 radical (unpaired) electrons. The molecule has 4 amide bonds. The van der Waals surface area contributed by atoms with Crippen LogP contribution in [0.25, 0.3) is 0 Å². The van der Waals surface area contributed by atoms with Crippen molar-refractivity contribution in [3.05, 3.63) is 29.3 Å². The van der Waals surface area contributed by atoms with Gasteiger partial charge in [-0.15, -0.1) is 0 Å². The summed E-state index contributed by atoms with van der Waals surface area (Å²) in [4.78, 5) is 42.7. The number of carbonyl (C=O) groups is 3. The zero-order valence-electron chi connectivity index (χ0n) is 15.9. The van der Waals surface area contributed by atoms with Crippen molar-refractivity contribution in [3.8, 4) is 0 Å². The van der Waals surface area contributed by atoms with Crippen LogP contribution in [0.1, 0.15) is 34.6 Å². The van der Waals surface area contributed by atoms with E-state index < -0.39 is 0 Å². The molecule has 2 aliphatic rings. The largest absolute Gasteiger partial charge is 0.329 e. The van der Waals surface area contributed by atoms with E-state index in [-0.39, 0.29) is 23.8 Å². The molecule has 27 heavy (non-hydrogen) atoms. The van der Waals surface area contributed by atoms with Gasteiger partial charge in [-0.05, 0) is 24.1 Å². The van der Waals surface area contributed by atoms with E-state index in [2.05, 4.69) is 10.2 Å². The van der Waals surface area contributed by atoms with Crippen molar-refractivity contribution >= 4 is 23.5 Å². The van der Waals surface area contributed by atoms with E-state index in [4.69, 9.17) is 5.73 Å². The molecule has 8 nitrogen and oxygen atoms in total. The van der Waals surface area contributed by atoms with Gasteiger partial charge in [0.25, 0.3) is 11.8 Å². The number of anilines is 1. The van der Waals surface area contributed by atoms with Crippen molar-refractivity contribution in [2.45, 2.75) is 13.8 Å². The minimum atomic E-state index is -0.296. The van der Waals surface area contributed by atoms with Crippen molar-refractivity contribution in [2.24, 2.45) is 11.7 Å². The number of hydrogen-bond donors (Lipinski definition) is 2. The topological polar surface area (TPSA) is 99.0 Å². The Balaban J connectivity index is 1.65. The molecule has 0 aliphatic carbocycles. The zero-order valence-corrected chi connectivity index (χ0v) is 15.9. The van der Waals surface area contributed by atoms with E-state index in [9.17, 15) is 14.4 Å². The van der Waals surface area contributed by atoms with Crippen LogP contribution < -0.4 is 11.1 Å². The molecule has 146 valence electrons. The van der Waals surface area contributed by atoms with Gasteiger partial charge in [0.15, 0.2) is 0 Å². The molecule has 1 fully saturated rings. The Kier molecular flexibility index (Phi) is 5.76. The Hall–Kier alpha value is -2.45. The average molecular weight is 373 g/mol. The minimum Gasteiger partial charge on any atom is -0.329 e. The van der Waals surface area contributed by atoms with Gasteiger partial charge >= 0.3 is 6.03 Å². The third-order valence-corrected chi connectivity index (χ3v) is 4.87. The number of carbonyl (C=O) groups excluding carboxylic acids is 3. The quantitative estimate of drug-likeness (QED) is 0.752. The summed E-state index contributed by atoms with van der Waals surface area (Å²) in [6, 6.07) is 4.69. The summed E-state index contributed by atoms with van der Waals surface area (Å²) in [7, 11) is 0. The van der Waals surface area contributed by atoms with Gasteiger partial charge in [-0.1, -0.05) is 13.8 Å². The number of amides is 4. The molecular formula is C19H27N5O3. The van der Waals surface area contributed by atoms with Gasteiger partial charge in [-0.2, -0.15) is 0 Å². The molecule has 3 N–H and O–H groups in total. The minimum absolute atomic E-state index is 0.196. The van der Waals surface area contributed by atoms with Crippen molar-refractivity contribution < 1.29 is 14.4 Å². The molecule has 2 aliphatic heterocycles. The van der Waals surface area contributed by atoms with Crippen LogP contribution in [-0.2, 0) is 0 Å². The standard InChI is InChI=1S/C19H27N5O3/c1-13(2)12-24-17(25)15-4-3-14(11-16(15)18(24)26)21-19(27)23-9-7-22(6-5-20)8-10-23/h3-4,11,13H,5-10,12,20H2,1-2H3,(H,21,27). The number of benzene rings is 1. The lowest BCUT2D eigenvalue weighted by Crippen LogP contribution is -2.50. The molecule has 8 heteroatoms. The first-order valence-electron chi connectivity index (χ1n) is 9.39. The summed E-state index contributed by atoms with van der Waals surface area (Å²) in [5.41, 5.74) is 6.84. The van der Waals surface area contributed by atoms with Crippen LogP contribution in [-0.4, -0.2) is 78.4 Å². The highest BCUT2D eigenvalue weighted by atomic mass is 16.2. The fourth-order valence-electron chi connectivity index (χ4n) is 3.46. The Bertz CT molecular complexity index is 741. The number of hydrogen-bond acceptors (Lipinski definition) is 5. The number of piperazine rings is 1. The second kappa shape index (κ2) is 8.06. The third-order valence-electron chi connectivity index (χ3n) is 4.87. The molecule has 0 aromatic heterocycles. The van der Waals surface area contributed by atoms with Gasteiger partial charge in [-0.3, -0.25) is 19.4 Å². The lowest BCUT2D eigenvalue weighted by molar-refractivity contribution is 0.0636. The highest BCUT2D eigenvalue weighted by Crippen LogP contribution is 2.26. The molecule has 0 unspecified atom stereocenters. The molecule has 1 saturated heterocycles. The number of fused-ring (bicyclic) bond motifs is 1. The third kappa shape index (κ3) is 4.12. The van der Waals surface area contributed by atoms with E-state index in [1.807, 2.05) is 13.8 Å². The molecule has 1 aromatic carbocycles. The van der Waals surface area contributed by atoms with Crippen molar-refractivity contribution in [3.63, 3.8) is 0 Å². The Morgan fingerprint density at radius 2 is 1.78 bits per heavy atom. The number of nitrogens with one attached hydrogen (secondary N) is 1. The van der Waals surface area contributed by atoms with Crippen LogP contribution in [0.2, 0.25) is 0 Å². The molecule has 3 rings (SSSR count). The number of nitrogens with zero attached hydrogens (tertiary/aromatic N) is 3. The van der Waals surface area contributed by atoms with E-state index in [1.165, 1.54) is 4.90 Å². The van der Waals surface area contributed by atoms with Crippen molar-refractivity contribution in [1.82, 2.24) is 14.7 Å². The summed E-state index contributed by atoms with van der Waals surface area (Å²) >= 11 is 0. The molecular weight excluding hydrogens is 346 g/mol. The lowest BCUT2D eigenvalue weighted by Gasteiger charge is -2.34. The second-order valence-electron chi connectivity index (χ2n) is 7.42. The Morgan fingerprint density at radius 3 is 2.41 bits per heavy atom. The number of urea groups is 1. The maximum Gasteiger partial charge on any atom is 0.321 e. The molecule has 0 atom stereocenters. The summed E-state index contributed by atoms with van der Waals surface area (Å²) in [5, 5.41) is 2.84. The molecule has 2 heterocycles. The zero-order chi connectivity index (χ0) is 19.6.